The van der Waals surface area contributed by atoms with Crippen molar-refractivity contribution in [2.24, 2.45) is 0 Å². The summed E-state index contributed by atoms with van der Waals surface area (Å²) in [6.45, 7) is 2.43. The van der Waals surface area contributed by atoms with Crippen LogP contribution in [0.15, 0.2) is 53.7 Å². The molecule has 2 aromatic rings. The SMILES string of the molecule is CCOc1cc(C2NC(=S)N(C)C3=C2C(=O)CCC3)ccc1OCc1ccccc1F. The van der Waals surface area contributed by atoms with Crippen LogP contribution >= 0.6 is 12.2 Å². The minimum absolute atomic E-state index is 0.0937. The van der Waals surface area contributed by atoms with Crippen LogP contribution in [-0.4, -0.2) is 29.5 Å². The number of thiocarbonyl (C=S) groups is 1. The van der Waals surface area contributed by atoms with Crippen LogP contribution in [-0.2, 0) is 11.4 Å². The molecule has 1 N–H and O–H groups in total. The summed E-state index contributed by atoms with van der Waals surface area (Å²) < 4.78 is 25.6. The molecule has 162 valence electrons. The normalized spacial score (nSPS) is 18.5. The van der Waals surface area contributed by atoms with Gasteiger partial charge in [0.15, 0.2) is 22.4 Å². The summed E-state index contributed by atoms with van der Waals surface area (Å²) in [7, 11) is 1.89. The fourth-order valence-electron chi connectivity index (χ4n) is 4.05. The van der Waals surface area contributed by atoms with E-state index in [9.17, 15) is 9.18 Å². The molecule has 1 aliphatic heterocycles. The maximum atomic E-state index is 13.9. The highest BCUT2D eigenvalue weighted by Crippen LogP contribution is 2.39. The van der Waals surface area contributed by atoms with Gasteiger partial charge in [-0.15, -0.1) is 0 Å². The van der Waals surface area contributed by atoms with Crippen LogP contribution < -0.4 is 14.8 Å². The monoisotopic (exact) mass is 440 g/mol. The van der Waals surface area contributed by atoms with Gasteiger partial charge in [-0.1, -0.05) is 24.3 Å². The third-order valence-electron chi connectivity index (χ3n) is 5.64. The summed E-state index contributed by atoms with van der Waals surface area (Å²) in [4.78, 5) is 14.7. The van der Waals surface area contributed by atoms with Crippen molar-refractivity contribution in [1.82, 2.24) is 10.2 Å². The van der Waals surface area contributed by atoms with Gasteiger partial charge >= 0.3 is 0 Å². The zero-order chi connectivity index (χ0) is 22.0. The maximum Gasteiger partial charge on any atom is 0.173 e. The number of rotatable bonds is 6. The molecule has 0 amide bonds. The summed E-state index contributed by atoms with van der Waals surface area (Å²) in [5, 5.41) is 3.89. The van der Waals surface area contributed by atoms with Gasteiger partial charge in [-0.3, -0.25) is 4.79 Å². The number of nitrogens with one attached hydrogen (secondary N) is 1. The molecule has 31 heavy (non-hydrogen) atoms. The summed E-state index contributed by atoms with van der Waals surface area (Å²) in [6, 6.07) is 11.8. The van der Waals surface area contributed by atoms with Crippen molar-refractivity contribution in [2.75, 3.05) is 13.7 Å². The molecule has 1 unspecified atom stereocenters. The van der Waals surface area contributed by atoms with Crippen LogP contribution in [0.2, 0.25) is 0 Å². The van der Waals surface area contributed by atoms with Crippen molar-refractivity contribution >= 4 is 23.1 Å². The van der Waals surface area contributed by atoms with Crippen LogP contribution in [0.4, 0.5) is 4.39 Å². The number of hydrogen-bond donors (Lipinski definition) is 1. The molecule has 7 heteroatoms. The Morgan fingerprint density at radius 1 is 1.16 bits per heavy atom. The number of ether oxygens (including phenoxy) is 2. The van der Waals surface area contributed by atoms with Gasteiger partial charge in [0.05, 0.1) is 12.6 Å². The molecular formula is C24H25FN2O3S. The molecule has 0 saturated heterocycles. The van der Waals surface area contributed by atoms with Crippen molar-refractivity contribution in [3.8, 4) is 11.5 Å². The lowest BCUT2D eigenvalue weighted by atomic mass is 9.85. The van der Waals surface area contributed by atoms with E-state index in [1.54, 1.807) is 24.3 Å². The molecule has 0 aromatic heterocycles. The second-order valence-electron chi connectivity index (χ2n) is 7.60. The van der Waals surface area contributed by atoms with Crippen LogP contribution in [0, 0.1) is 5.82 Å². The number of carbonyl (C=O) groups is 1. The zero-order valence-electron chi connectivity index (χ0n) is 17.6. The minimum atomic E-state index is -0.327. The van der Waals surface area contributed by atoms with Crippen molar-refractivity contribution in [3.63, 3.8) is 0 Å². The van der Waals surface area contributed by atoms with Gasteiger partial charge in [-0.2, -0.15) is 0 Å². The lowest BCUT2D eigenvalue weighted by Gasteiger charge is -2.39. The zero-order valence-corrected chi connectivity index (χ0v) is 18.4. The molecule has 5 nitrogen and oxygen atoms in total. The second kappa shape index (κ2) is 9.06. The fourth-order valence-corrected chi connectivity index (χ4v) is 4.28. The Bertz CT molecular complexity index is 1050. The van der Waals surface area contributed by atoms with Crippen LogP contribution in [0.25, 0.3) is 0 Å². The summed E-state index contributed by atoms with van der Waals surface area (Å²) >= 11 is 5.51. The average Bonchev–Trinajstić information content (AvgIpc) is 2.77. The number of ketones is 1. The van der Waals surface area contributed by atoms with E-state index in [0.29, 0.717) is 35.2 Å². The third-order valence-corrected chi connectivity index (χ3v) is 6.03. The Hall–Kier alpha value is -2.93. The molecule has 2 aromatic carbocycles. The summed E-state index contributed by atoms with van der Waals surface area (Å²) in [5.74, 6) is 0.907. The third kappa shape index (κ3) is 4.28. The number of Topliss-reactive ketones (excluding diaryl/α,β-unsaturated/α-hetero) is 1. The Kier molecular flexibility index (Phi) is 6.23. The Morgan fingerprint density at radius 3 is 2.74 bits per heavy atom. The van der Waals surface area contributed by atoms with E-state index in [2.05, 4.69) is 5.32 Å². The number of nitrogens with zero attached hydrogens (tertiary/aromatic N) is 1. The van der Waals surface area contributed by atoms with E-state index in [-0.39, 0.29) is 24.2 Å². The van der Waals surface area contributed by atoms with Crippen molar-refractivity contribution < 1.29 is 18.7 Å². The number of benzene rings is 2. The minimum Gasteiger partial charge on any atom is -0.490 e. The predicted molar refractivity (Wildman–Crippen MR) is 120 cm³/mol. The Morgan fingerprint density at radius 2 is 1.97 bits per heavy atom. The molecule has 2 aliphatic rings. The highest BCUT2D eigenvalue weighted by Gasteiger charge is 2.36. The first-order valence-electron chi connectivity index (χ1n) is 10.4. The van der Waals surface area contributed by atoms with Gasteiger partial charge < -0.3 is 19.7 Å². The van der Waals surface area contributed by atoms with Gasteiger partial charge in [0.1, 0.15) is 12.4 Å². The van der Waals surface area contributed by atoms with Crippen molar-refractivity contribution in [1.29, 1.82) is 0 Å². The highest BCUT2D eigenvalue weighted by molar-refractivity contribution is 7.80. The fraction of sp³-hybridized carbons (Fsp3) is 0.333. The molecule has 4 rings (SSSR count). The van der Waals surface area contributed by atoms with Gasteiger partial charge in [0.2, 0.25) is 0 Å². The molecule has 0 fully saturated rings. The van der Waals surface area contributed by atoms with Gasteiger partial charge in [0, 0.05) is 30.3 Å². The summed E-state index contributed by atoms with van der Waals surface area (Å²) in [5.41, 5.74) is 3.10. The molecule has 0 saturated carbocycles. The van der Waals surface area contributed by atoms with E-state index < -0.39 is 0 Å². The Labute approximate surface area is 186 Å². The number of hydrogen-bond acceptors (Lipinski definition) is 4. The van der Waals surface area contributed by atoms with E-state index in [4.69, 9.17) is 21.7 Å². The lowest BCUT2D eigenvalue weighted by molar-refractivity contribution is -0.116. The van der Waals surface area contributed by atoms with E-state index >= 15 is 0 Å². The van der Waals surface area contributed by atoms with E-state index in [0.717, 1.165) is 29.7 Å². The highest BCUT2D eigenvalue weighted by atomic mass is 32.1. The van der Waals surface area contributed by atoms with Gasteiger partial charge in [0.25, 0.3) is 0 Å². The lowest BCUT2D eigenvalue weighted by Crippen LogP contribution is -2.47. The topological polar surface area (TPSA) is 50.8 Å². The van der Waals surface area contributed by atoms with E-state index in [1.165, 1.54) is 6.07 Å². The van der Waals surface area contributed by atoms with Gasteiger partial charge in [-0.25, -0.2) is 4.39 Å². The molecule has 0 bridgehead atoms. The smallest absolute Gasteiger partial charge is 0.173 e. The number of carbonyl (C=O) groups excluding carboxylic acids is 1. The Balaban J connectivity index is 1.65. The largest absolute Gasteiger partial charge is 0.490 e. The van der Waals surface area contributed by atoms with Crippen molar-refractivity contribution in [2.45, 2.75) is 38.8 Å². The summed E-state index contributed by atoms with van der Waals surface area (Å²) in [6.07, 6.45) is 2.21. The standard InChI is InChI=1S/C24H25FN2O3S/c1-3-29-21-13-15(11-12-20(21)30-14-16-7-4-5-8-17(16)25)23-22-18(9-6-10-19(22)28)27(2)24(31)26-23/h4-5,7-8,11-13,23H,3,6,9-10,14H2,1-2H3,(H,26,31). The first-order chi connectivity index (χ1) is 15.0. The van der Waals surface area contributed by atoms with Crippen LogP contribution in [0.1, 0.15) is 43.4 Å². The second-order valence-corrected chi connectivity index (χ2v) is 7.98. The molecular weight excluding hydrogens is 415 g/mol. The van der Waals surface area contributed by atoms with E-state index in [1.807, 2.05) is 31.0 Å². The molecule has 1 atom stereocenters. The number of allylic oxidation sites excluding steroid dienone is 1. The molecule has 1 aliphatic carbocycles. The van der Waals surface area contributed by atoms with Gasteiger partial charge in [-0.05, 0) is 55.7 Å². The first kappa shape index (κ1) is 21.3. The first-order valence-corrected chi connectivity index (χ1v) is 10.8. The molecule has 0 spiro atoms. The average molecular weight is 441 g/mol. The van der Waals surface area contributed by atoms with Crippen LogP contribution in [0.5, 0.6) is 11.5 Å². The van der Waals surface area contributed by atoms with Crippen LogP contribution in [0.3, 0.4) is 0 Å². The van der Waals surface area contributed by atoms with Crippen molar-refractivity contribution in [3.05, 3.63) is 70.7 Å². The molecule has 1 heterocycles. The predicted octanol–water partition coefficient (Wildman–Crippen LogP) is 4.67. The number of halogens is 1. The quantitative estimate of drug-likeness (QED) is 0.659. The maximum absolute atomic E-state index is 13.9. The molecule has 0 radical (unpaired) electrons.